The molecule has 0 atom stereocenters. The summed E-state index contributed by atoms with van der Waals surface area (Å²) < 4.78 is 94.6. The molecule has 0 aliphatic carbocycles. The van der Waals surface area contributed by atoms with E-state index < -0.39 is 45.0 Å². The summed E-state index contributed by atoms with van der Waals surface area (Å²) in [4.78, 5) is -2.96. The van der Waals surface area contributed by atoms with E-state index in [1.54, 1.807) is 0 Å². The molecule has 0 spiro atoms. The fourth-order valence-corrected chi connectivity index (χ4v) is 4.28. The van der Waals surface area contributed by atoms with Crippen LogP contribution < -0.4 is 5.73 Å². The van der Waals surface area contributed by atoms with Gasteiger partial charge in [0.2, 0.25) is 0 Å². The second-order valence-electron chi connectivity index (χ2n) is 4.46. The van der Waals surface area contributed by atoms with Crippen molar-refractivity contribution in [2.75, 3.05) is 5.73 Å². The summed E-state index contributed by atoms with van der Waals surface area (Å²) in [6.07, 6.45) is 0. The van der Waals surface area contributed by atoms with Gasteiger partial charge < -0.3 is 5.73 Å². The SMILES string of the molecule is Nc1cc(S(=O)(=O)O)cc2cc(S(=O)(=O)O)c(S(=O)(=O)O)cc12. The second-order valence-corrected chi connectivity index (χ2v) is 8.66. The molecule has 10 nitrogen and oxygen atoms in total. The lowest BCUT2D eigenvalue weighted by Gasteiger charge is -2.10. The van der Waals surface area contributed by atoms with Crippen molar-refractivity contribution in [2.45, 2.75) is 14.7 Å². The fourth-order valence-electron chi connectivity index (χ4n) is 1.92. The Morgan fingerprint density at radius 3 is 1.61 bits per heavy atom. The van der Waals surface area contributed by atoms with Gasteiger partial charge in [0.25, 0.3) is 30.4 Å². The van der Waals surface area contributed by atoms with Crippen molar-refractivity contribution in [3.05, 3.63) is 24.3 Å². The van der Waals surface area contributed by atoms with Gasteiger partial charge in [0.1, 0.15) is 9.79 Å². The van der Waals surface area contributed by atoms with Crippen LogP contribution in [0, 0.1) is 0 Å². The van der Waals surface area contributed by atoms with Crippen LogP contribution in [0.3, 0.4) is 0 Å². The van der Waals surface area contributed by atoms with E-state index in [0.717, 1.165) is 12.1 Å². The van der Waals surface area contributed by atoms with E-state index >= 15 is 0 Å². The second kappa shape index (κ2) is 5.12. The summed E-state index contributed by atoms with van der Waals surface area (Å²) in [5.74, 6) is 0. The minimum Gasteiger partial charge on any atom is -0.398 e. The van der Waals surface area contributed by atoms with Crippen molar-refractivity contribution in [3.63, 3.8) is 0 Å². The van der Waals surface area contributed by atoms with Crippen molar-refractivity contribution in [2.24, 2.45) is 0 Å². The minimum atomic E-state index is -5.06. The third-order valence-corrected chi connectivity index (χ3v) is 5.62. The molecule has 0 heterocycles. The lowest BCUT2D eigenvalue weighted by atomic mass is 10.1. The number of rotatable bonds is 3. The Labute approximate surface area is 130 Å². The zero-order chi connectivity index (χ0) is 17.8. The van der Waals surface area contributed by atoms with Gasteiger partial charge in [0.15, 0.2) is 0 Å². The van der Waals surface area contributed by atoms with Gasteiger partial charge in [-0.05, 0) is 29.7 Å². The first kappa shape index (κ1) is 17.6. The molecular formula is C10H9NO9S3. The molecule has 0 radical (unpaired) electrons. The molecule has 0 aliphatic rings. The summed E-state index contributed by atoms with van der Waals surface area (Å²) in [6, 6.07) is 2.91. The third kappa shape index (κ3) is 3.44. The summed E-state index contributed by atoms with van der Waals surface area (Å²) in [5, 5.41) is -0.310. The van der Waals surface area contributed by atoms with Gasteiger partial charge in [-0.25, -0.2) is 0 Å². The lowest BCUT2D eigenvalue weighted by Crippen LogP contribution is -2.09. The van der Waals surface area contributed by atoms with Gasteiger partial charge in [-0.15, -0.1) is 0 Å². The van der Waals surface area contributed by atoms with Crippen molar-refractivity contribution in [3.8, 4) is 0 Å². The molecule has 2 aromatic carbocycles. The number of hydrogen-bond acceptors (Lipinski definition) is 7. The summed E-state index contributed by atoms with van der Waals surface area (Å²) in [6.45, 7) is 0. The summed E-state index contributed by atoms with van der Waals surface area (Å²) in [7, 11) is -14.8. The largest absolute Gasteiger partial charge is 0.398 e. The molecule has 0 bridgehead atoms. The fraction of sp³-hybridized carbons (Fsp3) is 0. The van der Waals surface area contributed by atoms with Crippen LogP contribution in [0.4, 0.5) is 5.69 Å². The number of anilines is 1. The van der Waals surface area contributed by atoms with Gasteiger partial charge in [-0.1, -0.05) is 0 Å². The average molecular weight is 383 g/mol. The zero-order valence-electron chi connectivity index (χ0n) is 10.9. The molecule has 126 valence electrons. The Morgan fingerprint density at radius 1 is 0.696 bits per heavy atom. The van der Waals surface area contributed by atoms with Gasteiger partial charge in [-0.2, -0.15) is 25.3 Å². The maximum absolute atomic E-state index is 11.3. The standard InChI is InChI=1S/C10H9NO9S3/c11-8-3-6(21(12,13)14)1-5-2-9(22(15,16)17)10(4-7(5)8)23(18,19)20/h1-4H,11H2,(H,12,13,14)(H,15,16,17)(H,18,19,20). The van der Waals surface area contributed by atoms with Crippen molar-refractivity contribution in [1.82, 2.24) is 0 Å². The van der Waals surface area contributed by atoms with E-state index in [4.69, 9.17) is 19.4 Å². The number of nitrogens with two attached hydrogens (primary N) is 1. The topological polar surface area (TPSA) is 189 Å². The molecule has 0 amide bonds. The summed E-state index contributed by atoms with van der Waals surface area (Å²) >= 11 is 0. The molecule has 23 heavy (non-hydrogen) atoms. The molecule has 0 unspecified atom stereocenters. The van der Waals surface area contributed by atoms with E-state index in [2.05, 4.69) is 0 Å². The van der Waals surface area contributed by atoms with Gasteiger partial charge in [0.05, 0.1) is 4.90 Å². The van der Waals surface area contributed by atoms with E-state index in [9.17, 15) is 25.3 Å². The molecule has 0 fully saturated rings. The highest BCUT2D eigenvalue weighted by molar-refractivity contribution is 7.89. The van der Waals surface area contributed by atoms with E-state index in [-0.39, 0.29) is 16.5 Å². The highest BCUT2D eigenvalue weighted by Crippen LogP contribution is 2.32. The molecule has 0 aliphatic heterocycles. The first-order valence-corrected chi connectivity index (χ1v) is 9.83. The van der Waals surface area contributed by atoms with E-state index in [0.29, 0.717) is 12.1 Å². The van der Waals surface area contributed by atoms with E-state index in [1.807, 2.05) is 0 Å². The highest BCUT2D eigenvalue weighted by Gasteiger charge is 2.26. The predicted octanol–water partition coefficient (Wildman–Crippen LogP) is 0.162. The van der Waals surface area contributed by atoms with Gasteiger partial charge in [-0.3, -0.25) is 13.7 Å². The van der Waals surface area contributed by atoms with Crippen molar-refractivity contribution >= 4 is 46.8 Å². The first-order valence-electron chi connectivity index (χ1n) is 5.51. The lowest BCUT2D eigenvalue weighted by molar-refractivity contribution is 0.467. The molecule has 0 aromatic heterocycles. The predicted molar refractivity (Wildman–Crippen MR) is 77.8 cm³/mol. The summed E-state index contributed by atoms with van der Waals surface area (Å²) in [5.41, 5.74) is 5.26. The maximum atomic E-state index is 11.3. The van der Waals surface area contributed by atoms with Crippen molar-refractivity contribution in [1.29, 1.82) is 0 Å². The van der Waals surface area contributed by atoms with Crippen LogP contribution in [0.25, 0.3) is 10.8 Å². The number of hydrogen-bond donors (Lipinski definition) is 4. The normalized spacial score (nSPS) is 13.3. The highest BCUT2D eigenvalue weighted by atomic mass is 32.2. The first-order chi connectivity index (χ1) is 10.2. The Kier molecular flexibility index (Phi) is 3.91. The van der Waals surface area contributed by atoms with Crippen LogP contribution in [-0.4, -0.2) is 38.9 Å². The van der Waals surface area contributed by atoms with Crippen LogP contribution >= 0.6 is 0 Å². The molecule has 0 saturated carbocycles. The Bertz CT molecular complexity index is 1130. The van der Waals surface area contributed by atoms with Crippen LogP contribution in [-0.2, 0) is 30.4 Å². The Balaban J connectivity index is 3.06. The molecule has 0 saturated heterocycles. The third-order valence-electron chi connectivity index (χ3n) is 2.88. The van der Waals surface area contributed by atoms with Crippen LogP contribution in [0.2, 0.25) is 0 Å². The van der Waals surface area contributed by atoms with Crippen molar-refractivity contribution < 1.29 is 38.9 Å². The average Bonchev–Trinajstić information content (AvgIpc) is 2.33. The number of fused-ring (bicyclic) bond motifs is 1. The monoisotopic (exact) mass is 383 g/mol. The van der Waals surface area contributed by atoms with E-state index in [1.165, 1.54) is 0 Å². The molecule has 5 N–H and O–H groups in total. The quantitative estimate of drug-likeness (QED) is 0.419. The smallest absolute Gasteiger partial charge is 0.295 e. The Morgan fingerprint density at radius 2 is 1.17 bits per heavy atom. The van der Waals surface area contributed by atoms with Gasteiger partial charge >= 0.3 is 0 Å². The molecular weight excluding hydrogens is 374 g/mol. The molecule has 13 heteroatoms. The maximum Gasteiger partial charge on any atom is 0.295 e. The number of nitrogen functional groups attached to an aromatic ring is 1. The van der Waals surface area contributed by atoms with Crippen LogP contribution in [0.1, 0.15) is 0 Å². The molecule has 2 aromatic rings. The minimum absolute atomic E-state index is 0.113. The number of benzene rings is 2. The van der Waals surface area contributed by atoms with Crippen LogP contribution in [0.15, 0.2) is 39.0 Å². The Hall–Kier alpha value is -1.77. The van der Waals surface area contributed by atoms with Crippen LogP contribution in [0.5, 0.6) is 0 Å². The van der Waals surface area contributed by atoms with Gasteiger partial charge in [0, 0.05) is 11.1 Å². The molecule has 2 rings (SSSR count). The zero-order valence-corrected chi connectivity index (χ0v) is 13.4.